The average molecular weight is 278 g/mol. The Kier molecular flexibility index (Phi) is 5.85. The van der Waals surface area contributed by atoms with E-state index in [4.69, 9.17) is 14.8 Å². The van der Waals surface area contributed by atoms with Crippen molar-refractivity contribution >= 4 is 12.6 Å². The fraction of sp³-hybridized carbons (Fsp3) is 0.571. The Morgan fingerprint density at radius 1 is 1.15 bits per heavy atom. The molecule has 1 saturated heterocycles. The predicted molar refractivity (Wildman–Crippen MR) is 80.3 cm³/mol. The monoisotopic (exact) mass is 278 g/mol. The molecule has 6 heteroatoms. The first-order valence-electron chi connectivity index (χ1n) is 7.22. The van der Waals surface area contributed by atoms with E-state index < -0.39 is 7.12 Å². The summed E-state index contributed by atoms with van der Waals surface area (Å²) in [4.78, 5) is 4.85. The smallest absolute Gasteiger partial charge is 0.488 e. The Balaban J connectivity index is 1.72. The summed E-state index contributed by atoms with van der Waals surface area (Å²) in [6, 6.07) is 6.94. The summed E-state index contributed by atoms with van der Waals surface area (Å²) in [7, 11) is -1.44. The highest BCUT2D eigenvalue weighted by Crippen LogP contribution is 2.08. The van der Waals surface area contributed by atoms with Crippen molar-refractivity contribution in [3.8, 4) is 5.75 Å². The van der Waals surface area contributed by atoms with Gasteiger partial charge < -0.3 is 19.7 Å². The quantitative estimate of drug-likeness (QED) is 0.679. The van der Waals surface area contributed by atoms with Crippen LogP contribution in [0, 0.1) is 0 Å². The lowest BCUT2D eigenvalue weighted by Gasteiger charge is -2.33. The van der Waals surface area contributed by atoms with Crippen LogP contribution < -0.4 is 10.2 Å². The molecule has 0 aliphatic carbocycles. The van der Waals surface area contributed by atoms with Crippen molar-refractivity contribution in [2.75, 3.05) is 45.9 Å². The fourth-order valence-corrected chi connectivity index (χ4v) is 2.39. The van der Waals surface area contributed by atoms with Crippen molar-refractivity contribution in [1.82, 2.24) is 9.80 Å². The molecule has 5 nitrogen and oxygen atoms in total. The molecule has 0 spiro atoms. The molecule has 1 aliphatic rings. The Morgan fingerprint density at radius 2 is 1.85 bits per heavy atom. The third-order valence-corrected chi connectivity index (χ3v) is 3.74. The van der Waals surface area contributed by atoms with Crippen molar-refractivity contribution in [1.29, 1.82) is 0 Å². The molecule has 1 heterocycles. The first-order chi connectivity index (χ1) is 9.69. The van der Waals surface area contributed by atoms with E-state index in [1.165, 1.54) is 0 Å². The Bertz CT molecular complexity index is 409. The number of benzene rings is 1. The van der Waals surface area contributed by atoms with E-state index in [0.29, 0.717) is 17.8 Å². The lowest BCUT2D eigenvalue weighted by molar-refractivity contribution is 0.121. The summed E-state index contributed by atoms with van der Waals surface area (Å²) in [5.74, 6) is 0.683. The van der Waals surface area contributed by atoms with Gasteiger partial charge in [-0.25, -0.2) is 0 Å². The standard InChI is InChI=1S/C14H23BN2O3/c1-2-16-6-8-17(9-7-16)10-11-20-14-5-3-4-13(12-14)15(18)19/h3-5,12,18-19H,2,6-11H2,1H3. The zero-order valence-corrected chi connectivity index (χ0v) is 12.0. The van der Waals surface area contributed by atoms with Crippen molar-refractivity contribution < 1.29 is 14.8 Å². The van der Waals surface area contributed by atoms with Crippen LogP contribution in [0.1, 0.15) is 6.92 Å². The van der Waals surface area contributed by atoms with E-state index in [1.807, 2.05) is 6.07 Å². The zero-order chi connectivity index (χ0) is 14.4. The number of hydrogen-bond acceptors (Lipinski definition) is 5. The summed E-state index contributed by atoms with van der Waals surface area (Å²) in [5.41, 5.74) is 0.457. The first kappa shape index (κ1) is 15.3. The highest BCUT2D eigenvalue weighted by Gasteiger charge is 2.15. The molecule has 20 heavy (non-hydrogen) atoms. The first-order valence-corrected chi connectivity index (χ1v) is 7.22. The van der Waals surface area contributed by atoms with E-state index in [2.05, 4.69) is 16.7 Å². The van der Waals surface area contributed by atoms with Gasteiger partial charge in [0.15, 0.2) is 0 Å². The second kappa shape index (κ2) is 7.64. The number of hydrogen-bond donors (Lipinski definition) is 2. The zero-order valence-electron chi connectivity index (χ0n) is 12.0. The molecule has 0 radical (unpaired) electrons. The van der Waals surface area contributed by atoms with E-state index >= 15 is 0 Å². The normalized spacial score (nSPS) is 17.1. The summed E-state index contributed by atoms with van der Waals surface area (Å²) in [5, 5.41) is 18.2. The van der Waals surface area contributed by atoms with Crippen LogP contribution in [0.25, 0.3) is 0 Å². The minimum absolute atomic E-state index is 0.457. The van der Waals surface area contributed by atoms with Gasteiger partial charge in [-0.2, -0.15) is 0 Å². The Morgan fingerprint density at radius 3 is 2.50 bits per heavy atom. The molecular formula is C14H23BN2O3. The van der Waals surface area contributed by atoms with Crippen LogP contribution in [0.4, 0.5) is 0 Å². The third-order valence-electron chi connectivity index (χ3n) is 3.74. The molecule has 2 N–H and O–H groups in total. The molecule has 1 aromatic rings. The number of nitrogens with zero attached hydrogens (tertiary/aromatic N) is 2. The van der Waals surface area contributed by atoms with Crippen LogP contribution in [0.15, 0.2) is 24.3 Å². The molecule has 2 rings (SSSR count). The fourth-order valence-electron chi connectivity index (χ4n) is 2.39. The third kappa shape index (κ3) is 4.49. The van der Waals surface area contributed by atoms with Gasteiger partial charge in [-0.3, -0.25) is 4.90 Å². The van der Waals surface area contributed by atoms with Crippen LogP contribution in [0.3, 0.4) is 0 Å². The maximum absolute atomic E-state index is 9.11. The van der Waals surface area contributed by atoms with Gasteiger partial charge in [-0.15, -0.1) is 0 Å². The molecule has 0 amide bonds. The van der Waals surface area contributed by atoms with Gasteiger partial charge in [-0.05, 0) is 24.1 Å². The average Bonchev–Trinajstić information content (AvgIpc) is 2.48. The maximum atomic E-state index is 9.11. The maximum Gasteiger partial charge on any atom is 0.488 e. The SMILES string of the molecule is CCN1CCN(CCOc2cccc(B(O)O)c2)CC1. The predicted octanol–water partition coefficient (Wildman–Crippen LogP) is -0.617. The molecule has 0 bridgehead atoms. The number of likely N-dealkylation sites (N-methyl/N-ethyl adjacent to an activating group) is 1. The number of piperazine rings is 1. The van der Waals surface area contributed by atoms with Crippen molar-refractivity contribution in [3.05, 3.63) is 24.3 Å². The van der Waals surface area contributed by atoms with Gasteiger partial charge in [0.25, 0.3) is 0 Å². The molecular weight excluding hydrogens is 255 g/mol. The molecule has 0 atom stereocenters. The van der Waals surface area contributed by atoms with Crippen LogP contribution in [0.5, 0.6) is 5.75 Å². The molecule has 1 aromatic carbocycles. The second-order valence-corrected chi connectivity index (χ2v) is 5.07. The Labute approximate surface area is 120 Å². The summed E-state index contributed by atoms with van der Waals surface area (Å²) in [6.07, 6.45) is 0. The van der Waals surface area contributed by atoms with Gasteiger partial charge in [0.05, 0.1) is 0 Å². The van der Waals surface area contributed by atoms with Crippen molar-refractivity contribution in [2.45, 2.75) is 6.92 Å². The lowest BCUT2D eigenvalue weighted by Crippen LogP contribution is -2.47. The second-order valence-electron chi connectivity index (χ2n) is 5.07. The molecule has 110 valence electrons. The number of ether oxygens (including phenoxy) is 1. The number of rotatable bonds is 6. The summed E-state index contributed by atoms with van der Waals surface area (Å²) < 4.78 is 5.68. The molecule has 0 unspecified atom stereocenters. The van der Waals surface area contributed by atoms with Crippen LogP contribution >= 0.6 is 0 Å². The minimum atomic E-state index is -1.44. The minimum Gasteiger partial charge on any atom is -0.492 e. The topological polar surface area (TPSA) is 56.2 Å². The molecule has 0 saturated carbocycles. The van der Waals surface area contributed by atoms with E-state index in [0.717, 1.165) is 39.3 Å². The Hall–Kier alpha value is -1.08. The van der Waals surface area contributed by atoms with Crippen LogP contribution in [0.2, 0.25) is 0 Å². The van der Waals surface area contributed by atoms with Gasteiger partial charge in [0.2, 0.25) is 0 Å². The van der Waals surface area contributed by atoms with Crippen LogP contribution in [-0.2, 0) is 0 Å². The van der Waals surface area contributed by atoms with E-state index in [1.54, 1.807) is 18.2 Å². The summed E-state index contributed by atoms with van der Waals surface area (Å²) >= 11 is 0. The van der Waals surface area contributed by atoms with Gasteiger partial charge in [0.1, 0.15) is 12.4 Å². The summed E-state index contributed by atoms with van der Waals surface area (Å²) in [6.45, 7) is 9.28. The molecule has 1 fully saturated rings. The van der Waals surface area contributed by atoms with Crippen LogP contribution in [-0.4, -0.2) is 72.8 Å². The highest BCUT2D eigenvalue weighted by molar-refractivity contribution is 6.58. The van der Waals surface area contributed by atoms with E-state index in [-0.39, 0.29) is 0 Å². The lowest BCUT2D eigenvalue weighted by atomic mass is 9.80. The largest absolute Gasteiger partial charge is 0.492 e. The van der Waals surface area contributed by atoms with Gasteiger partial charge >= 0.3 is 7.12 Å². The molecule has 1 aliphatic heterocycles. The van der Waals surface area contributed by atoms with Gasteiger partial charge in [-0.1, -0.05) is 19.1 Å². The van der Waals surface area contributed by atoms with Gasteiger partial charge in [0, 0.05) is 32.7 Å². The highest BCUT2D eigenvalue weighted by atomic mass is 16.5. The van der Waals surface area contributed by atoms with Crippen molar-refractivity contribution in [3.63, 3.8) is 0 Å². The van der Waals surface area contributed by atoms with Crippen molar-refractivity contribution in [2.24, 2.45) is 0 Å². The van der Waals surface area contributed by atoms with E-state index in [9.17, 15) is 0 Å². The molecule has 0 aromatic heterocycles.